The molecule has 0 aromatic carbocycles. The molecule has 0 aliphatic carbocycles. The number of rotatable bonds is 0. The maximum absolute atomic E-state index is 8.60. The van der Waals surface area contributed by atoms with Gasteiger partial charge in [0.15, 0.2) is 0 Å². The summed E-state index contributed by atoms with van der Waals surface area (Å²) < 4.78 is 0. The molecule has 0 fully saturated rings. The molecule has 0 atom stereocenters. The fraction of sp³-hybridized carbons (Fsp3) is 0.667. The average Bonchev–Trinajstić information content (AvgIpc) is 1.39. The quantitative estimate of drug-likeness (QED) is 0.452. The van der Waals surface area contributed by atoms with E-state index in [1.807, 2.05) is 0 Å². The molecule has 6 heavy (non-hydrogen) atoms. The van der Waals surface area contributed by atoms with Crippen LogP contribution in [0.5, 0.6) is 0 Å². The van der Waals surface area contributed by atoms with E-state index >= 15 is 0 Å². The van der Waals surface area contributed by atoms with Gasteiger partial charge in [0, 0.05) is 6.61 Å². The van der Waals surface area contributed by atoms with Gasteiger partial charge < -0.3 is 5.11 Å². The molecule has 0 heterocycles. The third-order valence-corrected chi connectivity index (χ3v) is 0. The SMILES string of the molecule is CCO.O=[C]=[Mn]. The molecule has 37 valence electrons. The summed E-state index contributed by atoms with van der Waals surface area (Å²) in [6, 6.07) is 0. The topological polar surface area (TPSA) is 37.3 Å². The Kier molecular flexibility index (Phi) is 30.8. The van der Waals surface area contributed by atoms with Crippen LogP contribution in [0.1, 0.15) is 6.92 Å². The minimum atomic E-state index is 0.250. The van der Waals surface area contributed by atoms with Crippen molar-refractivity contribution in [1.29, 1.82) is 0 Å². The molecule has 1 N–H and O–H groups in total. The Labute approximate surface area is 44.5 Å². The third kappa shape index (κ3) is 10700. The first-order chi connectivity index (χ1) is 2.83. The first kappa shape index (κ1) is 9.41. The summed E-state index contributed by atoms with van der Waals surface area (Å²) in [5.74, 6) is 0. The molecule has 2 nitrogen and oxygen atoms in total. The monoisotopic (exact) mass is 129 g/mol. The van der Waals surface area contributed by atoms with Crippen molar-refractivity contribution in [2.45, 2.75) is 6.92 Å². The van der Waals surface area contributed by atoms with E-state index in [0.717, 1.165) is 0 Å². The van der Waals surface area contributed by atoms with E-state index in [1.165, 1.54) is 4.79 Å². The van der Waals surface area contributed by atoms with Gasteiger partial charge in [0.05, 0.1) is 0 Å². The van der Waals surface area contributed by atoms with Crippen LogP contribution in [0.3, 0.4) is 0 Å². The molecule has 0 unspecified atom stereocenters. The van der Waals surface area contributed by atoms with Crippen molar-refractivity contribution in [3.05, 3.63) is 0 Å². The summed E-state index contributed by atoms with van der Waals surface area (Å²) in [5, 5.41) is 7.57. The van der Waals surface area contributed by atoms with Gasteiger partial charge in [-0.15, -0.1) is 0 Å². The van der Waals surface area contributed by atoms with E-state index in [2.05, 4.69) is 15.6 Å². The second kappa shape index (κ2) is 19.7. The van der Waals surface area contributed by atoms with Gasteiger partial charge in [0.1, 0.15) is 0 Å². The summed E-state index contributed by atoms with van der Waals surface area (Å²) in [6.07, 6.45) is 0. The van der Waals surface area contributed by atoms with E-state index in [9.17, 15) is 0 Å². The maximum atomic E-state index is 8.60. The van der Waals surface area contributed by atoms with E-state index in [4.69, 9.17) is 9.90 Å². The first-order valence-corrected chi connectivity index (χ1v) is 2.01. The average molecular weight is 129 g/mol. The molecule has 0 aliphatic rings. The Morgan fingerprint density at radius 3 is 2.00 bits per heavy atom. The molecule has 0 aromatic heterocycles. The summed E-state index contributed by atoms with van der Waals surface area (Å²) in [5.41, 5.74) is 0. The molecular formula is C3H6MnO2. The van der Waals surface area contributed by atoms with Crippen LogP contribution in [-0.2, 0) is 20.4 Å². The summed E-state index contributed by atoms with van der Waals surface area (Å²) in [6.45, 7) is 1.93. The van der Waals surface area contributed by atoms with Gasteiger partial charge in [0.2, 0.25) is 0 Å². The van der Waals surface area contributed by atoms with Gasteiger partial charge in [-0.1, -0.05) is 0 Å². The third-order valence-electron chi connectivity index (χ3n) is 0. The van der Waals surface area contributed by atoms with Crippen LogP contribution in [0, 0.1) is 0 Å². The molecule has 0 saturated carbocycles. The molecule has 3 heteroatoms. The van der Waals surface area contributed by atoms with Gasteiger partial charge in [-0.3, -0.25) is 0 Å². The number of aliphatic hydroxyl groups is 1. The fourth-order valence-electron chi connectivity index (χ4n) is 0. The van der Waals surface area contributed by atoms with Crippen molar-refractivity contribution in [2.24, 2.45) is 0 Å². The zero-order chi connectivity index (χ0) is 5.41. The van der Waals surface area contributed by atoms with Gasteiger partial charge in [0.25, 0.3) is 0 Å². The van der Waals surface area contributed by atoms with E-state index in [0.29, 0.717) is 0 Å². The van der Waals surface area contributed by atoms with Gasteiger partial charge in [-0.2, -0.15) is 0 Å². The molecule has 0 aliphatic heterocycles. The number of hydrogen-bond donors (Lipinski definition) is 1. The normalized spacial score (nSPS) is 4.33. The Bertz CT molecular complexity index is 38.1. The minimum absolute atomic E-state index is 0.250. The van der Waals surface area contributed by atoms with Crippen LogP contribution < -0.4 is 0 Å². The van der Waals surface area contributed by atoms with E-state index in [1.54, 1.807) is 6.92 Å². The zero-order valence-corrected chi connectivity index (χ0v) is 4.62. The van der Waals surface area contributed by atoms with Crippen molar-refractivity contribution in [1.82, 2.24) is 0 Å². The van der Waals surface area contributed by atoms with Crippen LogP contribution >= 0.6 is 0 Å². The standard InChI is InChI=1S/C2H6O.CO.Mn/c1-2-3;1-2;/h3H,2H2,1H3;;. The van der Waals surface area contributed by atoms with Crippen LogP contribution in [0.25, 0.3) is 0 Å². The molecule has 0 spiro atoms. The molecular weight excluding hydrogens is 123 g/mol. The molecule has 0 bridgehead atoms. The van der Waals surface area contributed by atoms with E-state index in [-0.39, 0.29) is 6.61 Å². The van der Waals surface area contributed by atoms with Crippen LogP contribution in [0.4, 0.5) is 0 Å². The van der Waals surface area contributed by atoms with Crippen LogP contribution in [0.2, 0.25) is 0 Å². The molecule has 0 saturated heterocycles. The predicted molar refractivity (Wildman–Crippen MR) is 18.5 cm³/mol. The van der Waals surface area contributed by atoms with Crippen molar-refractivity contribution in [2.75, 3.05) is 6.61 Å². The van der Waals surface area contributed by atoms with Gasteiger partial charge in [-0.25, -0.2) is 0 Å². The van der Waals surface area contributed by atoms with Gasteiger partial charge in [-0.05, 0) is 6.92 Å². The Morgan fingerprint density at radius 1 is 2.00 bits per heavy atom. The zero-order valence-electron chi connectivity index (χ0n) is 3.44. The predicted octanol–water partition coefficient (Wildman–Crippen LogP) is -0.401. The summed E-state index contributed by atoms with van der Waals surface area (Å²) >= 11 is 2.34. The molecule has 0 radical (unpaired) electrons. The Hall–Kier alpha value is 0.0595. The number of aliphatic hydroxyl groups excluding tert-OH is 1. The van der Waals surface area contributed by atoms with Crippen LogP contribution in [0.15, 0.2) is 0 Å². The van der Waals surface area contributed by atoms with Crippen molar-refractivity contribution >= 4 is 4.79 Å². The van der Waals surface area contributed by atoms with Gasteiger partial charge >= 0.3 is 25.2 Å². The molecule has 0 rings (SSSR count). The van der Waals surface area contributed by atoms with Crippen molar-refractivity contribution in [3.63, 3.8) is 0 Å². The first-order valence-electron chi connectivity index (χ1n) is 1.42. The Balaban J connectivity index is 0. The van der Waals surface area contributed by atoms with Crippen molar-refractivity contribution in [3.8, 4) is 0 Å². The van der Waals surface area contributed by atoms with E-state index < -0.39 is 0 Å². The van der Waals surface area contributed by atoms with Crippen molar-refractivity contribution < 1.29 is 25.5 Å². The number of carbonyl (C=O) groups excluding carboxylic acids is 1. The molecule has 0 aromatic rings. The second-order valence-corrected chi connectivity index (χ2v) is 0.634. The summed E-state index contributed by atoms with van der Waals surface area (Å²) in [7, 11) is 0. The Morgan fingerprint density at radius 2 is 2.00 bits per heavy atom. The second-order valence-electron chi connectivity index (χ2n) is 0.393. The molecule has 0 amide bonds. The fourth-order valence-corrected chi connectivity index (χ4v) is 0. The number of hydrogen-bond acceptors (Lipinski definition) is 2. The van der Waals surface area contributed by atoms with Crippen LogP contribution in [-0.4, -0.2) is 16.5 Å². The summed E-state index contributed by atoms with van der Waals surface area (Å²) in [4.78, 5) is 9.91.